The number of carboxylic acids is 1. The normalized spacial score (nSPS) is 10.2. The molecule has 0 atom stereocenters. The lowest BCUT2D eigenvalue weighted by Gasteiger charge is -2.21. The van der Waals surface area contributed by atoms with Crippen LogP contribution in [0.2, 0.25) is 0 Å². The zero-order valence-electron chi connectivity index (χ0n) is 10.5. The van der Waals surface area contributed by atoms with E-state index in [1.54, 1.807) is 11.9 Å². The Morgan fingerprint density at radius 1 is 1.16 bits per heavy atom. The number of nitrogens with zero attached hydrogens (tertiary/aromatic N) is 1. The topological polar surface area (TPSA) is 40.5 Å². The van der Waals surface area contributed by atoms with Gasteiger partial charge in [0, 0.05) is 13.6 Å². The van der Waals surface area contributed by atoms with Crippen LogP contribution in [-0.4, -0.2) is 18.1 Å². The highest BCUT2D eigenvalue weighted by Gasteiger charge is 2.17. The minimum atomic E-state index is -1.13. The highest BCUT2D eigenvalue weighted by Crippen LogP contribution is 2.25. The standard InChI is InChI=1S/C15H14FNO2/c1-17(10-11-6-3-2-4-7-11)14-12(15(18)19)8-5-9-13(14)16/h2-9H,10H2,1H3,(H,18,19). The first-order valence-corrected chi connectivity index (χ1v) is 5.86. The van der Waals surface area contributed by atoms with Gasteiger partial charge in [-0.25, -0.2) is 9.18 Å². The minimum absolute atomic E-state index is 0.0292. The molecule has 0 spiro atoms. The Balaban J connectivity index is 2.33. The summed E-state index contributed by atoms with van der Waals surface area (Å²) in [4.78, 5) is 12.7. The second-order valence-electron chi connectivity index (χ2n) is 4.28. The molecule has 3 nitrogen and oxygen atoms in total. The van der Waals surface area contributed by atoms with E-state index in [2.05, 4.69) is 0 Å². The number of anilines is 1. The summed E-state index contributed by atoms with van der Waals surface area (Å²) in [7, 11) is 1.68. The Labute approximate surface area is 110 Å². The molecule has 0 aliphatic rings. The van der Waals surface area contributed by atoms with Crippen molar-refractivity contribution in [2.24, 2.45) is 0 Å². The van der Waals surface area contributed by atoms with Crippen LogP contribution in [0.15, 0.2) is 48.5 Å². The number of para-hydroxylation sites is 1. The van der Waals surface area contributed by atoms with Crippen LogP contribution >= 0.6 is 0 Å². The monoisotopic (exact) mass is 259 g/mol. The fraction of sp³-hybridized carbons (Fsp3) is 0.133. The van der Waals surface area contributed by atoms with Crippen LogP contribution in [0.25, 0.3) is 0 Å². The Morgan fingerprint density at radius 3 is 2.47 bits per heavy atom. The molecule has 4 heteroatoms. The maximum absolute atomic E-state index is 13.9. The molecule has 0 amide bonds. The molecule has 0 aliphatic heterocycles. The summed E-state index contributed by atoms with van der Waals surface area (Å²) < 4.78 is 13.9. The van der Waals surface area contributed by atoms with E-state index in [1.165, 1.54) is 18.2 Å². The molecule has 0 aromatic heterocycles. The fourth-order valence-electron chi connectivity index (χ4n) is 2.01. The zero-order chi connectivity index (χ0) is 13.8. The Hall–Kier alpha value is -2.36. The van der Waals surface area contributed by atoms with Crippen molar-refractivity contribution in [2.75, 3.05) is 11.9 Å². The largest absolute Gasteiger partial charge is 0.478 e. The maximum Gasteiger partial charge on any atom is 0.337 e. The van der Waals surface area contributed by atoms with Crippen LogP contribution < -0.4 is 4.90 Å². The van der Waals surface area contributed by atoms with Crippen molar-refractivity contribution < 1.29 is 14.3 Å². The summed E-state index contributed by atoms with van der Waals surface area (Å²) in [5.74, 6) is -1.66. The molecule has 19 heavy (non-hydrogen) atoms. The van der Waals surface area contributed by atoms with Gasteiger partial charge in [-0.1, -0.05) is 36.4 Å². The Morgan fingerprint density at radius 2 is 1.84 bits per heavy atom. The molecule has 0 unspecified atom stereocenters. The van der Waals surface area contributed by atoms with Crippen LogP contribution in [0.5, 0.6) is 0 Å². The van der Waals surface area contributed by atoms with Crippen LogP contribution in [-0.2, 0) is 6.54 Å². The number of aromatic carboxylic acids is 1. The number of benzene rings is 2. The molecule has 0 bridgehead atoms. The third-order valence-electron chi connectivity index (χ3n) is 2.86. The average Bonchev–Trinajstić information content (AvgIpc) is 2.39. The van der Waals surface area contributed by atoms with Crippen LogP contribution in [0.4, 0.5) is 10.1 Å². The highest BCUT2D eigenvalue weighted by atomic mass is 19.1. The van der Waals surface area contributed by atoms with Crippen molar-refractivity contribution in [1.82, 2.24) is 0 Å². The number of carbonyl (C=O) groups is 1. The number of hydrogen-bond acceptors (Lipinski definition) is 2. The van der Waals surface area contributed by atoms with Crippen molar-refractivity contribution in [3.63, 3.8) is 0 Å². The van der Waals surface area contributed by atoms with Crippen molar-refractivity contribution in [1.29, 1.82) is 0 Å². The molecule has 0 heterocycles. The van der Waals surface area contributed by atoms with Gasteiger partial charge in [0.05, 0.1) is 11.3 Å². The van der Waals surface area contributed by atoms with Gasteiger partial charge in [-0.15, -0.1) is 0 Å². The van der Waals surface area contributed by atoms with Crippen LogP contribution in [0.1, 0.15) is 15.9 Å². The SMILES string of the molecule is CN(Cc1ccccc1)c1c(F)cccc1C(=O)O. The Kier molecular flexibility index (Phi) is 3.80. The second-order valence-corrected chi connectivity index (χ2v) is 4.28. The lowest BCUT2D eigenvalue weighted by molar-refractivity contribution is 0.0697. The van der Waals surface area contributed by atoms with Gasteiger partial charge in [0.2, 0.25) is 0 Å². The lowest BCUT2D eigenvalue weighted by atomic mass is 10.1. The van der Waals surface area contributed by atoms with E-state index in [4.69, 9.17) is 5.11 Å². The fourth-order valence-corrected chi connectivity index (χ4v) is 2.01. The van der Waals surface area contributed by atoms with Gasteiger partial charge < -0.3 is 10.0 Å². The van der Waals surface area contributed by atoms with E-state index in [-0.39, 0.29) is 11.3 Å². The van der Waals surface area contributed by atoms with Gasteiger partial charge in [0.1, 0.15) is 5.82 Å². The molecule has 1 N–H and O–H groups in total. The van der Waals surface area contributed by atoms with Crippen LogP contribution in [0, 0.1) is 5.82 Å². The summed E-state index contributed by atoms with van der Waals surface area (Å²) in [6.45, 7) is 0.446. The maximum atomic E-state index is 13.9. The van der Waals surface area contributed by atoms with Gasteiger partial charge in [-0.3, -0.25) is 0 Å². The smallest absolute Gasteiger partial charge is 0.337 e. The van der Waals surface area contributed by atoms with E-state index in [9.17, 15) is 9.18 Å². The molecule has 2 aromatic rings. The van der Waals surface area contributed by atoms with E-state index in [1.807, 2.05) is 30.3 Å². The van der Waals surface area contributed by atoms with Crippen molar-refractivity contribution in [3.8, 4) is 0 Å². The first-order valence-electron chi connectivity index (χ1n) is 5.86. The molecule has 98 valence electrons. The van der Waals surface area contributed by atoms with E-state index >= 15 is 0 Å². The van der Waals surface area contributed by atoms with Crippen LogP contribution in [0.3, 0.4) is 0 Å². The lowest BCUT2D eigenvalue weighted by Crippen LogP contribution is -2.20. The summed E-state index contributed by atoms with van der Waals surface area (Å²) in [5.41, 5.74) is 1.07. The van der Waals surface area contributed by atoms with E-state index in [0.29, 0.717) is 6.54 Å². The third kappa shape index (κ3) is 2.91. The number of hydrogen-bond donors (Lipinski definition) is 1. The number of carboxylic acid groups (broad SMARTS) is 1. The summed E-state index contributed by atoms with van der Waals surface area (Å²) >= 11 is 0. The van der Waals surface area contributed by atoms with Gasteiger partial charge in [0.15, 0.2) is 0 Å². The molecular formula is C15H14FNO2. The molecule has 2 aromatic carbocycles. The molecular weight excluding hydrogens is 245 g/mol. The van der Waals surface area contributed by atoms with Gasteiger partial charge >= 0.3 is 5.97 Å². The van der Waals surface area contributed by atoms with Crippen molar-refractivity contribution in [2.45, 2.75) is 6.54 Å². The molecule has 0 fully saturated rings. The predicted octanol–water partition coefficient (Wildman–Crippen LogP) is 3.16. The molecule has 0 aliphatic carbocycles. The predicted molar refractivity (Wildman–Crippen MR) is 71.9 cm³/mol. The van der Waals surface area contributed by atoms with E-state index in [0.717, 1.165) is 5.56 Å². The highest BCUT2D eigenvalue weighted by molar-refractivity contribution is 5.94. The van der Waals surface area contributed by atoms with Gasteiger partial charge in [0.25, 0.3) is 0 Å². The molecule has 0 saturated heterocycles. The number of rotatable bonds is 4. The van der Waals surface area contributed by atoms with E-state index < -0.39 is 11.8 Å². The summed E-state index contributed by atoms with van der Waals surface area (Å²) in [6.07, 6.45) is 0. The molecule has 0 radical (unpaired) electrons. The van der Waals surface area contributed by atoms with Gasteiger partial charge in [-0.2, -0.15) is 0 Å². The first-order chi connectivity index (χ1) is 9.09. The molecule has 2 rings (SSSR count). The average molecular weight is 259 g/mol. The first kappa shape index (κ1) is 13.1. The van der Waals surface area contributed by atoms with Gasteiger partial charge in [-0.05, 0) is 17.7 Å². The molecule has 0 saturated carbocycles. The van der Waals surface area contributed by atoms with Crippen molar-refractivity contribution >= 4 is 11.7 Å². The summed E-state index contributed by atoms with van der Waals surface area (Å²) in [6, 6.07) is 13.6. The minimum Gasteiger partial charge on any atom is -0.478 e. The summed E-state index contributed by atoms with van der Waals surface area (Å²) in [5, 5.41) is 9.11. The third-order valence-corrected chi connectivity index (χ3v) is 2.86. The Bertz CT molecular complexity index is 584. The van der Waals surface area contributed by atoms with Crippen molar-refractivity contribution in [3.05, 3.63) is 65.5 Å². The second kappa shape index (κ2) is 5.52. The zero-order valence-corrected chi connectivity index (χ0v) is 10.5. The quantitative estimate of drug-likeness (QED) is 0.916. The number of halogens is 1.